The predicted molar refractivity (Wildman–Crippen MR) is 79.4 cm³/mol. The van der Waals surface area contributed by atoms with E-state index in [2.05, 4.69) is 0 Å². The van der Waals surface area contributed by atoms with Gasteiger partial charge in [-0.25, -0.2) is 0 Å². The first-order valence-electron chi connectivity index (χ1n) is 6.35. The Morgan fingerprint density at radius 3 is 2.42 bits per heavy atom. The Balaban J connectivity index is 2.37. The molecule has 0 fully saturated rings. The average molecular weight is 254 g/mol. The molecule has 3 nitrogen and oxygen atoms in total. The van der Waals surface area contributed by atoms with Crippen molar-refractivity contribution in [1.29, 1.82) is 0 Å². The van der Waals surface area contributed by atoms with Crippen molar-refractivity contribution in [3.05, 3.63) is 59.7 Å². The number of hydrogen-bond donors (Lipinski definition) is 1. The fourth-order valence-corrected chi connectivity index (χ4v) is 2.12. The lowest BCUT2D eigenvalue weighted by Gasteiger charge is -2.20. The van der Waals surface area contributed by atoms with Crippen LogP contribution in [-0.4, -0.2) is 13.0 Å². The number of amides is 1. The van der Waals surface area contributed by atoms with Crippen molar-refractivity contribution in [2.75, 3.05) is 17.7 Å². The smallest absolute Gasteiger partial charge is 0.258 e. The number of aryl methyl sites for hydroxylation is 1. The van der Waals surface area contributed by atoms with Crippen LogP contribution < -0.4 is 10.6 Å². The molecule has 0 aliphatic carbocycles. The highest BCUT2D eigenvalue weighted by molar-refractivity contribution is 6.08. The van der Waals surface area contributed by atoms with Gasteiger partial charge in [-0.1, -0.05) is 37.3 Å². The van der Waals surface area contributed by atoms with Gasteiger partial charge in [0.2, 0.25) is 0 Å². The minimum absolute atomic E-state index is 0.0321. The molecule has 2 aromatic rings. The third-order valence-electron chi connectivity index (χ3n) is 3.23. The summed E-state index contributed by atoms with van der Waals surface area (Å²) in [5.74, 6) is -0.0321. The molecule has 2 rings (SSSR count). The summed E-state index contributed by atoms with van der Waals surface area (Å²) in [6.07, 6.45) is 0.833. The summed E-state index contributed by atoms with van der Waals surface area (Å²) in [5.41, 5.74) is 9.03. The van der Waals surface area contributed by atoms with Gasteiger partial charge in [-0.3, -0.25) is 4.79 Å². The number of hydrogen-bond acceptors (Lipinski definition) is 2. The monoisotopic (exact) mass is 254 g/mol. The predicted octanol–water partition coefficient (Wildman–Crippen LogP) is 3.11. The van der Waals surface area contributed by atoms with Crippen LogP contribution in [0.25, 0.3) is 0 Å². The van der Waals surface area contributed by atoms with Gasteiger partial charge in [-0.2, -0.15) is 0 Å². The molecule has 0 heterocycles. The van der Waals surface area contributed by atoms with Gasteiger partial charge in [0.15, 0.2) is 0 Å². The molecule has 0 atom stereocenters. The molecule has 1 amide bonds. The third-order valence-corrected chi connectivity index (χ3v) is 3.23. The van der Waals surface area contributed by atoms with E-state index in [1.165, 1.54) is 0 Å². The minimum atomic E-state index is -0.0321. The topological polar surface area (TPSA) is 46.3 Å². The molecule has 98 valence electrons. The first-order valence-corrected chi connectivity index (χ1v) is 6.35. The normalized spacial score (nSPS) is 10.2. The maximum Gasteiger partial charge on any atom is 0.258 e. The second-order valence-corrected chi connectivity index (χ2v) is 4.43. The van der Waals surface area contributed by atoms with E-state index < -0.39 is 0 Å². The van der Waals surface area contributed by atoms with Crippen LogP contribution in [0.1, 0.15) is 22.8 Å². The zero-order valence-corrected chi connectivity index (χ0v) is 11.3. The Labute approximate surface area is 113 Å². The molecular formula is C16H18N2O. The second kappa shape index (κ2) is 5.57. The molecule has 0 aliphatic rings. The van der Waals surface area contributed by atoms with Crippen LogP contribution in [0.2, 0.25) is 0 Å². The van der Waals surface area contributed by atoms with Gasteiger partial charge in [-0.15, -0.1) is 0 Å². The maximum atomic E-state index is 12.5. The van der Waals surface area contributed by atoms with Crippen LogP contribution in [0.5, 0.6) is 0 Å². The van der Waals surface area contributed by atoms with Crippen molar-refractivity contribution in [2.45, 2.75) is 13.3 Å². The lowest BCUT2D eigenvalue weighted by Crippen LogP contribution is -2.27. The zero-order valence-electron chi connectivity index (χ0n) is 11.3. The summed E-state index contributed by atoms with van der Waals surface area (Å²) < 4.78 is 0. The van der Waals surface area contributed by atoms with Crippen molar-refractivity contribution >= 4 is 17.3 Å². The number of benzene rings is 2. The number of nitrogen functional groups attached to an aromatic ring is 1. The number of carbonyl (C=O) groups is 1. The van der Waals surface area contributed by atoms with E-state index in [0.29, 0.717) is 5.69 Å². The van der Waals surface area contributed by atoms with E-state index in [9.17, 15) is 4.79 Å². The third kappa shape index (κ3) is 2.60. The molecule has 2 aromatic carbocycles. The highest BCUT2D eigenvalue weighted by Gasteiger charge is 2.17. The van der Waals surface area contributed by atoms with Gasteiger partial charge < -0.3 is 10.6 Å². The van der Waals surface area contributed by atoms with E-state index in [1.807, 2.05) is 49.4 Å². The number of anilines is 2. The summed E-state index contributed by atoms with van der Waals surface area (Å²) in [4.78, 5) is 14.1. The number of nitrogens with zero attached hydrogens (tertiary/aromatic N) is 1. The fraction of sp³-hybridized carbons (Fsp3) is 0.188. The Kier molecular flexibility index (Phi) is 3.85. The first-order chi connectivity index (χ1) is 9.15. The standard InChI is InChI=1S/C16H18N2O/c1-3-12-8-4-5-9-13(12)16(19)18(2)15-11-7-6-10-14(15)17/h4-11H,3,17H2,1-2H3. The van der Waals surface area contributed by atoms with Crippen LogP contribution in [0, 0.1) is 0 Å². The van der Waals surface area contributed by atoms with Crippen LogP contribution in [0.15, 0.2) is 48.5 Å². The second-order valence-electron chi connectivity index (χ2n) is 4.43. The van der Waals surface area contributed by atoms with E-state index in [1.54, 1.807) is 18.0 Å². The Bertz CT molecular complexity index is 593. The van der Waals surface area contributed by atoms with Crippen LogP contribution in [-0.2, 0) is 6.42 Å². The van der Waals surface area contributed by atoms with Gasteiger partial charge in [0.25, 0.3) is 5.91 Å². The summed E-state index contributed by atoms with van der Waals surface area (Å²) in [7, 11) is 1.75. The van der Waals surface area contributed by atoms with Crippen molar-refractivity contribution in [3.8, 4) is 0 Å². The van der Waals surface area contributed by atoms with Crippen molar-refractivity contribution in [1.82, 2.24) is 0 Å². The summed E-state index contributed by atoms with van der Waals surface area (Å²) >= 11 is 0. The molecule has 0 saturated carbocycles. The fourth-order valence-electron chi connectivity index (χ4n) is 2.12. The SMILES string of the molecule is CCc1ccccc1C(=O)N(C)c1ccccc1N. The highest BCUT2D eigenvalue weighted by Crippen LogP contribution is 2.23. The lowest BCUT2D eigenvalue weighted by molar-refractivity contribution is 0.0992. The molecular weight excluding hydrogens is 236 g/mol. The van der Waals surface area contributed by atoms with Crippen molar-refractivity contribution in [2.24, 2.45) is 0 Å². The van der Waals surface area contributed by atoms with Gasteiger partial charge in [0.05, 0.1) is 11.4 Å². The highest BCUT2D eigenvalue weighted by atomic mass is 16.2. The molecule has 2 N–H and O–H groups in total. The lowest BCUT2D eigenvalue weighted by atomic mass is 10.0. The Hall–Kier alpha value is -2.29. The van der Waals surface area contributed by atoms with Gasteiger partial charge >= 0.3 is 0 Å². The number of carbonyl (C=O) groups excluding carboxylic acids is 1. The number of para-hydroxylation sites is 2. The summed E-state index contributed by atoms with van der Waals surface area (Å²) in [6.45, 7) is 2.04. The van der Waals surface area contributed by atoms with Crippen molar-refractivity contribution < 1.29 is 4.79 Å². The molecule has 0 aromatic heterocycles. The molecule has 3 heteroatoms. The molecule has 0 bridgehead atoms. The van der Waals surface area contributed by atoms with Gasteiger partial charge in [0.1, 0.15) is 0 Å². The Morgan fingerprint density at radius 2 is 1.74 bits per heavy atom. The van der Waals surface area contributed by atoms with E-state index >= 15 is 0 Å². The number of nitrogens with two attached hydrogens (primary N) is 1. The quantitative estimate of drug-likeness (QED) is 0.855. The average Bonchev–Trinajstić information content (AvgIpc) is 2.46. The van der Waals surface area contributed by atoms with Gasteiger partial charge in [0, 0.05) is 12.6 Å². The van der Waals surface area contributed by atoms with E-state index in [-0.39, 0.29) is 5.91 Å². The van der Waals surface area contributed by atoms with Crippen LogP contribution in [0.3, 0.4) is 0 Å². The van der Waals surface area contributed by atoms with Crippen molar-refractivity contribution in [3.63, 3.8) is 0 Å². The number of rotatable bonds is 3. The zero-order chi connectivity index (χ0) is 13.8. The van der Waals surface area contributed by atoms with E-state index in [4.69, 9.17) is 5.73 Å². The summed E-state index contributed by atoms with van der Waals surface area (Å²) in [5, 5.41) is 0. The largest absolute Gasteiger partial charge is 0.397 e. The van der Waals surface area contributed by atoms with Crippen LogP contribution >= 0.6 is 0 Å². The minimum Gasteiger partial charge on any atom is -0.397 e. The molecule has 19 heavy (non-hydrogen) atoms. The molecule has 0 aliphatic heterocycles. The van der Waals surface area contributed by atoms with Crippen LogP contribution in [0.4, 0.5) is 11.4 Å². The molecule has 0 saturated heterocycles. The molecule has 0 unspecified atom stereocenters. The maximum absolute atomic E-state index is 12.5. The first kappa shape index (κ1) is 13.1. The van der Waals surface area contributed by atoms with Gasteiger partial charge in [-0.05, 0) is 30.2 Å². The molecule has 0 radical (unpaired) electrons. The summed E-state index contributed by atoms with van der Waals surface area (Å²) in [6, 6.07) is 15.1. The Morgan fingerprint density at radius 1 is 1.11 bits per heavy atom. The molecule has 0 spiro atoms. The van der Waals surface area contributed by atoms with E-state index in [0.717, 1.165) is 23.2 Å².